The highest BCUT2D eigenvalue weighted by Gasteiger charge is 2.20. The fourth-order valence-corrected chi connectivity index (χ4v) is 8.45. The van der Waals surface area contributed by atoms with Crippen molar-refractivity contribution in [1.82, 2.24) is 4.57 Å². The molecule has 0 unspecified atom stereocenters. The molecule has 0 bridgehead atoms. The van der Waals surface area contributed by atoms with Gasteiger partial charge in [0.25, 0.3) is 0 Å². The van der Waals surface area contributed by atoms with Crippen LogP contribution in [-0.2, 0) is 6.42 Å². The standard InChI is InChI=1S/C58H48N4/c1-2-43(36-38-60)46-24-29-51(30-25-46)61(50-27-22-42(23-28-50)15-7-6-14-37-59)52-31-33-53(34-32-52)62-57-35-26-48(44-16-8-3-9-17-44)39-55(57)56-41-49(45-18-10-4-11-19-45)40-54(58(56)62)47-20-12-5-13-21-47/h2-14,16-41H,15,59-60H2,1H3/b7-6-,37-14-,38-36-,43-2+. The Bertz CT molecular complexity index is 3060. The predicted molar refractivity (Wildman–Crippen MR) is 265 cm³/mol. The van der Waals surface area contributed by atoms with Gasteiger partial charge in [0.1, 0.15) is 0 Å². The maximum atomic E-state index is 5.79. The molecular weight excluding hydrogens is 753 g/mol. The van der Waals surface area contributed by atoms with E-state index in [1.807, 2.05) is 25.2 Å². The van der Waals surface area contributed by atoms with E-state index in [-0.39, 0.29) is 0 Å². The van der Waals surface area contributed by atoms with E-state index in [9.17, 15) is 0 Å². The molecule has 0 fully saturated rings. The second kappa shape index (κ2) is 18.0. The van der Waals surface area contributed by atoms with Crippen molar-refractivity contribution >= 4 is 44.4 Å². The Hall–Kier alpha value is -8.08. The van der Waals surface area contributed by atoms with Crippen LogP contribution in [-0.4, -0.2) is 4.57 Å². The van der Waals surface area contributed by atoms with Gasteiger partial charge in [0.05, 0.1) is 11.0 Å². The zero-order chi connectivity index (χ0) is 42.3. The van der Waals surface area contributed by atoms with E-state index in [1.54, 1.807) is 12.4 Å². The molecule has 9 aromatic rings. The molecule has 4 N–H and O–H groups in total. The topological polar surface area (TPSA) is 60.2 Å². The Labute approximate surface area is 364 Å². The summed E-state index contributed by atoms with van der Waals surface area (Å²) in [6, 6.07) is 70.3. The van der Waals surface area contributed by atoms with Crippen molar-refractivity contribution in [2.75, 3.05) is 4.90 Å². The van der Waals surface area contributed by atoms with Crippen molar-refractivity contribution in [2.24, 2.45) is 11.5 Å². The third kappa shape index (κ3) is 7.98. The summed E-state index contributed by atoms with van der Waals surface area (Å²) in [5, 5.41) is 2.42. The van der Waals surface area contributed by atoms with Gasteiger partial charge in [-0.3, -0.25) is 0 Å². The Balaban J connectivity index is 1.22. The second-order valence-electron chi connectivity index (χ2n) is 15.3. The van der Waals surface area contributed by atoms with Crippen LogP contribution in [0.1, 0.15) is 18.1 Å². The Kier molecular flexibility index (Phi) is 11.5. The zero-order valence-electron chi connectivity index (χ0n) is 34.8. The summed E-state index contributed by atoms with van der Waals surface area (Å²) in [7, 11) is 0. The van der Waals surface area contributed by atoms with E-state index >= 15 is 0 Å². The first-order valence-electron chi connectivity index (χ1n) is 21.1. The number of benzene rings is 8. The molecule has 300 valence electrons. The molecule has 4 heteroatoms. The van der Waals surface area contributed by atoms with E-state index in [0.29, 0.717) is 0 Å². The average molecular weight is 801 g/mol. The van der Waals surface area contributed by atoms with Crippen LogP contribution in [0.2, 0.25) is 0 Å². The van der Waals surface area contributed by atoms with Gasteiger partial charge in [-0.15, -0.1) is 0 Å². The predicted octanol–water partition coefficient (Wildman–Crippen LogP) is 14.7. The summed E-state index contributed by atoms with van der Waals surface area (Å²) < 4.78 is 2.45. The second-order valence-corrected chi connectivity index (χ2v) is 15.3. The van der Waals surface area contributed by atoms with Gasteiger partial charge in [-0.05, 0) is 155 Å². The summed E-state index contributed by atoms with van der Waals surface area (Å²) in [4.78, 5) is 2.32. The first-order valence-corrected chi connectivity index (χ1v) is 21.1. The smallest absolute Gasteiger partial charge is 0.0619 e. The van der Waals surface area contributed by atoms with Gasteiger partial charge >= 0.3 is 0 Å². The summed E-state index contributed by atoms with van der Waals surface area (Å²) in [5.41, 5.74) is 28.4. The molecule has 62 heavy (non-hydrogen) atoms. The summed E-state index contributed by atoms with van der Waals surface area (Å²) in [5.74, 6) is 0. The fraction of sp³-hybridized carbons (Fsp3) is 0.0345. The number of anilines is 3. The van der Waals surface area contributed by atoms with Crippen LogP contribution in [0.4, 0.5) is 17.1 Å². The molecular formula is C58H48N4. The van der Waals surface area contributed by atoms with Gasteiger partial charge in [0.2, 0.25) is 0 Å². The van der Waals surface area contributed by atoms with Gasteiger partial charge in [0.15, 0.2) is 0 Å². The van der Waals surface area contributed by atoms with Gasteiger partial charge in [-0.2, -0.15) is 0 Å². The largest absolute Gasteiger partial charge is 0.405 e. The van der Waals surface area contributed by atoms with Crippen LogP contribution < -0.4 is 16.4 Å². The number of rotatable bonds is 12. The van der Waals surface area contributed by atoms with Crippen molar-refractivity contribution in [1.29, 1.82) is 0 Å². The normalized spacial score (nSPS) is 12.0. The molecule has 0 spiro atoms. The summed E-state index contributed by atoms with van der Waals surface area (Å²) in [6.45, 7) is 2.03. The lowest BCUT2D eigenvalue weighted by Gasteiger charge is -2.26. The fourth-order valence-electron chi connectivity index (χ4n) is 8.45. The summed E-state index contributed by atoms with van der Waals surface area (Å²) >= 11 is 0. The highest BCUT2D eigenvalue weighted by Crippen LogP contribution is 2.43. The van der Waals surface area contributed by atoms with Crippen molar-refractivity contribution < 1.29 is 0 Å². The molecule has 0 atom stereocenters. The first-order chi connectivity index (χ1) is 30.6. The Morgan fingerprint density at radius 3 is 1.68 bits per heavy atom. The molecule has 0 radical (unpaired) electrons. The zero-order valence-corrected chi connectivity index (χ0v) is 34.8. The molecule has 1 heterocycles. The Morgan fingerprint density at radius 2 is 1.08 bits per heavy atom. The minimum Gasteiger partial charge on any atom is -0.405 e. The van der Waals surface area contributed by atoms with Crippen molar-refractivity contribution in [3.8, 4) is 39.1 Å². The third-order valence-electron chi connectivity index (χ3n) is 11.5. The van der Waals surface area contributed by atoms with Gasteiger partial charge in [-0.25, -0.2) is 0 Å². The van der Waals surface area contributed by atoms with Crippen LogP contribution in [0.15, 0.2) is 237 Å². The van der Waals surface area contributed by atoms with E-state index in [1.165, 1.54) is 55.2 Å². The van der Waals surface area contributed by atoms with Crippen molar-refractivity contribution in [3.05, 3.63) is 248 Å². The van der Waals surface area contributed by atoms with Crippen LogP contribution in [0, 0.1) is 0 Å². The van der Waals surface area contributed by atoms with Crippen LogP contribution in [0.5, 0.6) is 0 Å². The molecule has 0 aliphatic carbocycles. The lowest BCUT2D eigenvalue weighted by atomic mass is 9.95. The average Bonchev–Trinajstić information content (AvgIpc) is 3.67. The van der Waals surface area contributed by atoms with Crippen molar-refractivity contribution in [3.63, 3.8) is 0 Å². The lowest BCUT2D eigenvalue weighted by molar-refractivity contribution is 1.17. The minimum absolute atomic E-state index is 0.818. The minimum atomic E-state index is 0.818. The van der Waals surface area contributed by atoms with Crippen LogP contribution >= 0.6 is 0 Å². The van der Waals surface area contributed by atoms with Gasteiger partial charge < -0.3 is 20.9 Å². The van der Waals surface area contributed by atoms with Gasteiger partial charge in [0, 0.05) is 39.1 Å². The maximum absolute atomic E-state index is 5.79. The lowest BCUT2D eigenvalue weighted by Crippen LogP contribution is -2.10. The van der Waals surface area contributed by atoms with E-state index in [0.717, 1.165) is 45.8 Å². The molecule has 1 aromatic heterocycles. The SMILES string of the molecule is C/C=C(\C=C/N)c1ccc(N(c2ccc(C/C=C\C=C/N)cc2)c2ccc(-n3c4ccc(-c5ccccc5)cc4c4cc(-c5ccccc5)cc(-c5ccccc5)c43)cc2)cc1. The summed E-state index contributed by atoms with van der Waals surface area (Å²) in [6.07, 6.45) is 13.9. The molecule has 4 nitrogen and oxygen atoms in total. The number of aromatic nitrogens is 1. The van der Waals surface area contributed by atoms with E-state index in [4.69, 9.17) is 11.5 Å². The number of nitrogens with two attached hydrogens (primary N) is 2. The molecule has 8 aromatic carbocycles. The quantitative estimate of drug-likeness (QED) is 0.121. The van der Waals surface area contributed by atoms with Gasteiger partial charge in [-0.1, -0.05) is 140 Å². The highest BCUT2D eigenvalue weighted by atomic mass is 15.1. The Morgan fingerprint density at radius 1 is 0.516 bits per heavy atom. The van der Waals surface area contributed by atoms with Crippen molar-refractivity contribution in [2.45, 2.75) is 13.3 Å². The number of hydrogen-bond acceptors (Lipinski definition) is 3. The number of fused-ring (bicyclic) bond motifs is 3. The molecule has 0 saturated heterocycles. The molecule has 0 aliphatic rings. The number of nitrogens with zero attached hydrogens (tertiary/aromatic N) is 2. The molecule has 0 saturated carbocycles. The number of allylic oxidation sites excluding steroid dienone is 6. The van der Waals surface area contributed by atoms with Crippen LogP contribution in [0.3, 0.4) is 0 Å². The number of hydrogen-bond donors (Lipinski definition) is 2. The maximum Gasteiger partial charge on any atom is 0.0619 e. The van der Waals surface area contributed by atoms with E-state index in [2.05, 4.69) is 216 Å². The molecule has 9 rings (SSSR count). The monoisotopic (exact) mass is 800 g/mol. The van der Waals surface area contributed by atoms with E-state index < -0.39 is 0 Å². The molecule has 0 aliphatic heterocycles. The van der Waals surface area contributed by atoms with Crippen LogP contribution in [0.25, 0.3) is 66.4 Å². The molecule has 0 amide bonds. The third-order valence-corrected chi connectivity index (χ3v) is 11.5. The first kappa shape index (κ1) is 39.4. The highest BCUT2D eigenvalue weighted by molar-refractivity contribution is 6.16.